The van der Waals surface area contributed by atoms with Crippen molar-refractivity contribution >= 4 is 17.5 Å². The maximum atomic E-state index is 12.8. The third kappa shape index (κ3) is 3.38. The Morgan fingerprint density at radius 1 is 1.15 bits per heavy atom. The zero-order valence-corrected chi connectivity index (χ0v) is 13.7. The number of aromatic nitrogens is 6. The number of thioether (sulfide) groups is 1. The molecule has 11 heteroatoms. The fourth-order valence-electron chi connectivity index (χ4n) is 2.17. The van der Waals surface area contributed by atoms with Gasteiger partial charge in [-0.05, 0) is 18.2 Å². The Morgan fingerprint density at radius 3 is 2.85 bits per heavy atom. The number of hydrogen-bond donors (Lipinski definition) is 0. The minimum Gasteiger partial charge on any atom is -0.338 e. The van der Waals surface area contributed by atoms with Crippen molar-refractivity contribution in [2.75, 3.05) is 0 Å². The molecule has 0 saturated heterocycles. The van der Waals surface area contributed by atoms with Crippen LogP contribution in [0.2, 0.25) is 0 Å². The molecule has 4 aromatic rings. The van der Waals surface area contributed by atoms with Gasteiger partial charge in [0.2, 0.25) is 16.9 Å². The highest BCUT2D eigenvalue weighted by Crippen LogP contribution is 2.31. The van der Waals surface area contributed by atoms with Crippen molar-refractivity contribution in [2.45, 2.75) is 17.1 Å². The Balaban J connectivity index is 1.49. The highest BCUT2D eigenvalue weighted by Gasteiger charge is 2.30. The lowest BCUT2D eigenvalue weighted by molar-refractivity contribution is -0.137. The Labute approximate surface area is 148 Å². The summed E-state index contributed by atoms with van der Waals surface area (Å²) in [5.41, 5.74) is -0.535. The molecule has 7 nitrogen and oxygen atoms in total. The quantitative estimate of drug-likeness (QED) is 0.503. The van der Waals surface area contributed by atoms with Gasteiger partial charge in [-0.3, -0.25) is 0 Å². The Kier molecular flexibility index (Phi) is 4.07. The van der Waals surface area contributed by atoms with Gasteiger partial charge >= 0.3 is 6.18 Å². The SMILES string of the molecule is FC(F)(F)c1cccc(-c2noc(CSc3nc4ncccn4n3)n2)c1. The molecule has 0 amide bonds. The van der Waals surface area contributed by atoms with Gasteiger partial charge in [-0.2, -0.15) is 23.1 Å². The normalized spacial score (nSPS) is 12.0. The van der Waals surface area contributed by atoms with E-state index >= 15 is 0 Å². The topological polar surface area (TPSA) is 82.0 Å². The van der Waals surface area contributed by atoms with E-state index in [4.69, 9.17) is 4.52 Å². The summed E-state index contributed by atoms with van der Waals surface area (Å²) in [6, 6.07) is 6.50. The molecule has 0 N–H and O–H groups in total. The van der Waals surface area contributed by atoms with Crippen LogP contribution in [0.5, 0.6) is 0 Å². The fraction of sp³-hybridized carbons (Fsp3) is 0.133. The Bertz CT molecular complexity index is 1030. The number of nitrogens with zero attached hydrogens (tertiary/aromatic N) is 6. The molecule has 132 valence electrons. The zero-order valence-electron chi connectivity index (χ0n) is 12.9. The Morgan fingerprint density at radius 2 is 2.04 bits per heavy atom. The van der Waals surface area contributed by atoms with Crippen molar-refractivity contribution in [3.05, 3.63) is 54.2 Å². The molecule has 0 aliphatic rings. The van der Waals surface area contributed by atoms with E-state index in [1.807, 2.05) is 0 Å². The number of rotatable bonds is 4. The maximum absolute atomic E-state index is 12.8. The second-order valence-electron chi connectivity index (χ2n) is 5.14. The first-order valence-corrected chi connectivity index (χ1v) is 8.28. The number of hydrogen-bond acceptors (Lipinski definition) is 7. The van der Waals surface area contributed by atoms with E-state index in [0.29, 0.717) is 10.9 Å². The molecule has 0 atom stereocenters. The van der Waals surface area contributed by atoms with Crippen molar-refractivity contribution in [3.63, 3.8) is 0 Å². The molecular weight excluding hydrogens is 369 g/mol. The molecule has 4 rings (SSSR count). The van der Waals surface area contributed by atoms with E-state index in [-0.39, 0.29) is 23.0 Å². The lowest BCUT2D eigenvalue weighted by Crippen LogP contribution is -2.04. The van der Waals surface area contributed by atoms with E-state index in [1.165, 1.54) is 28.4 Å². The lowest BCUT2D eigenvalue weighted by Gasteiger charge is -2.06. The standard InChI is InChI=1S/C15H9F3N6OS/c16-15(17,18)10-4-1-3-9(7-10)12-20-11(25-23-12)8-26-14-21-13-19-5-2-6-24(13)22-14/h1-7H,8H2. The second kappa shape index (κ2) is 6.41. The summed E-state index contributed by atoms with van der Waals surface area (Å²) in [7, 11) is 0. The Hall–Kier alpha value is -2.95. The van der Waals surface area contributed by atoms with Crippen LogP contribution in [0.1, 0.15) is 11.5 Å². The molecule has 0 spiro atoms. The molecule has 3 heterocycles. The monoisotopic (exact) mass is 378 g/mol. The fourth-order valence-corrected chi connectivity index (χ4v) is 2.83. The van der Waals surface area contributed by atoms with Gasteiger partial charge in [0.15, 0.2) is 0 Å². The number of benzene rings is 1. The first kappa shape index (κ1) is 16.5. The van der Waals surface area contributed by atoms with Gasteiger partial charge < -0.3 is 4.52 Å². The lowest BCUT2D eigenvalue weighted by atomic mass is 10.1. The van der Waals surface area contributed by atoms with Crippen LogP contribution in [0.25, 0.3) is 17.2 Å². The summed E-state index contributed by atoms with van der Waals surface area (Å²) in [5, 5.41) is 8.44. The smallest absolute Gasteiger partial charge is 0.338 e. The average Bonchev–Trinajstić information content (AvgIpc) is 3.26. The van der Waals surface area contributed by atoms with Gasteiger partial charge in [0.25, 0.3) is 5.78 Å². The maximum Gasteiger partial charge on any atom is 0.416 e. The van der Waals surface area contributed by atoms with Gasteiger partial charge in [0, 0.05) is 18.0 Å². The van der Waals surface area contributed by atoms with Crippen molar-refractivity contribution in [3.8, 4) is 11.4 Å². The minimum atomic E-state index is -4.43. The van der Waals surface area contributed by atoms with Crippen LogP contribution in [0.3, 0.4) is 0 Å². The van der Waals surface area contributed by atoms with E-state index < -0.39 is 11.7 Å². The summed E-state index contributed by atoms with van der Waals surface area (Å²) in [6.45, 7) is 0. The van der Waals surface area contributed by atoms with Gasteiger partial charge in [-0.1, -0.05) is 29.1 Å². The predicted octanol–water partition coefficient (Wildman–Crippen LogP) is 3.49. The summed E-state index contributed by atoms with van der Waals surface area (Å²) < 4.78 is 45.0. The third-order valence-electron chi connectivity index (χ3n) is 3.34. The van der Waals surface area contributed by atoms with Crippen LogP contribution >= 0.6 is 11.8 Å². The predicted molar refractivity (Wildman–Crippen MR) is 85.1 cm³/mol. The van der Waals surface area contributed by atoms with Gasteiger partial charge in [-0.25, -0.2) is 9.50 Å². The first-order chi connectivity index (χ1) is 12.5. The summed E-state index contributed by atoms with van der Waals surface area (Å²) in [6.07, 6.45) is -1.10. The molecule has 0 fully saturated rings. The van der Waals surface area contributed by atoms with E-state index in [9.17, 15) is 13.2 Å². The summed E-state index contributed by atoms with van der Waals surface area (Å²) in [4.78, 5) is 12.4. The van der Waals surface area contributed by atoms with Gasteiger partial charge in [0.1, 0.15) is 0 Å². The number of fused-ring (bicyclic) bond motifs is 1. The molecule has 0 bridgehead atoms. The molecule has 0 aliphatic carbocycles. The van der Waals surface area contributed by atoms with Crippen LogP contribution in [0.15, 0.2) is 52.4 Å². The molecule has 0 radical (unpaired) electrons. The molecule has 0 unspecified atom stereocenters. The van der Waals surface area contributed by atoms with E-state index in [0.717, 1.165) is 12.1 Å². The molecule has 3 aromatic heterocycles. The third-order valence-corrected chi connectivity index (χ3v) is 4.16. The van der Waals surface area contributed by atoms with Gasteiger partial charge in [-0.15, -0.1) is 5.10 Å². The van der Waals surface area contributed by atoms with Crippen molar-refractivity contribution in [1.29, 1.82) is 0 Å². The van der Waals surface area contributed by atoms with Crippen molar-refractivity contribution in [1.82, 2.24) is 29.7 Å². The first-order valence-electron chi connectivity index (χ1n) is 7.29. The highest BCUT2D eigenvalue weighted by atomic mass is 32.2. The molecule has 26 heavy (non-hydrogen) atoms. The molecule has 0 aliphatic heterocycles. The highest BCUT2D eigenvalue weighted by molar-refractivity contribution is 7.98. The van der Waals surface area contributed by atoms with Crippen LogP contribution < -0.4 is 0 Å². The average molecular weight is 378 g/mol. The molecular formula is C15H9F3N6OS. The minimum absolute atomic E-state index is 0.0938. The zero-order chi connectivity index (χ0) is 18.1. The van der Waals surface area contributed by atoms with E-state index in [1.54, 1.807) is 18.5 Å². The number of halogens is 3. The summed E-state index contributed by atoms with van der Waals surface area (Å²) >= 11 is 1.26. The van der Waals surface area contributed by atoms with Crippen molar-refractivity contribution < 1.29 is 17.7 Å². The van der Waals surface area contributed by atoms with Crippen LogP contribution in [-0.2, 0) is 11.9 Å². The van der Waals surface area contributed by atoms with Crippen LogP contribution in [0.4, 0.5) is 13.2 Å². The second-order valence-corrected chi connectivity index (χ2v) is 6.08. The van der Waals surface area contributed by atoms with Gasteiger partial charge in [0.05, 0.1) is 11.3 Å². The molecule has 0 saturated carbocycles. The van der Waals surface area contributed by atoms with Crippen LogP contribution in [0, 0.1) is 0 Å². The summed E-state index contributed by atoms with van der Waals surface area (Å²) in [5.74, 6) is 1.10. The van der Waals surface area contributed by atoms with Crippen LogP contribution in [-0.4, -0.2) is 29.7 Å². The molecule has 1 aromatic carbocycles. The van der Waals surface area contributed by atoms with E-state index in [2.05, 4.69) is 25.2 Å². The van der Waals surface area contributed by atoms with Crippen molar-refractivity contribution in [2.24, 2.45) is 0 Å². The number of alkyl halides is 3. The largest absolute Gasteiger partial charge is 0.416 e.